The maximum absolute atomic E-state index is 13.1. The summed E-state index contributed by atoms with van der Waals surface area (Å²) in [5.74, 6) is 0.689. The van der Waals surface area contributed by atoms with Crippen LogP contribution in [0.4, 0.5) is 4.39 Å². The van der Waals surface area contributed by atoms with Crippen molar-refractivity contribution >= 4 is 0 Å². The molecule has 0 fully saturated rings. The smallest absolute Gasteiger partial charge is 0.228 e. The summed E-state index contributed by atoms with van der Waals surface area (Å²) in [6.45, 7) is 5.16. The number of rotatable bonds is 6. The van der Waals surface area contributed by atoms with Crippen LogP contribution in [0.15, 0.2) is 28.8 Å². The lowest BCUT2D eigenvalue weighted by Gasteiger charge is -2.09. The van der Waals surface area contributed by atoms with Gasteiger partial charge in [0, 0.05) is 18.0 Å². The van der Waals surface area contributed by atoms with Gasteiger partial charge in [-0.05, 0) is 32.0 Å². The van der Waals surface area contributed by atoms with E-state index in [-0.39, 0.29) is 11.9 Å². The highest BCUT2D eigenvalue weighted by molar-refractivity contribution is 5.53. The van der Waals surface area contributed by atoms with Crippen LogP contribution >= 0.6 is 0 Å². The van der Waals surface area contributed by atoms with Gasteiger partial charge in [-0.3, -0.25) is 0 Å². The second kappa shape index (κ2) is 6.43. The quantitative estimate of drug-likeness (QED) is 0.870. The Bertz CT molecular complexity index is 527. The summed E-state index contributed by atoms with van der Waals surface area (Å²) >= 11 is 0. The van der Waals surface area contributed by atoms with Gasteiger partial charge in [0.2, 0.25) is 11.7 Å². The van der Waals surface area contributed by atoms with Crippen LogP contribution in [0.1, 0.15) is 26.2 Å². The van der Waals surface area contributed by atoms with Gasteiger partial charge in [-0.25, -0.2) is 4.39 Å². The molecule has 1 atom stereocenters. The van der Waals surface area contributed by atoms with Gasteiger partial charge < -0.3 is 9.84 Å². The number of aromatic nitrogens is 2. The summed E-state index contributed by atoms with van der Waals surface area (Å²) in [5, 5.41) is 7.23. The molecule has 1 unspecified atom stereocenters. The fourth-order valence-corrected chi connectivity index (χ4v) is 1.81. The maximum atomic E-state index is 13.1. The van der Waals surface area contributed by atoms with Gasteiger partial charge in [0.1, 0.15) is 5.82 Å². The number of halogens is 1. The molecular formula is C14H18FN3O. The molecule has 2 aromatic rings. The molecule has 0 saturated carbocycles. The van der Waals surface area contributed by atoms with Crippen molar-refractivity contribution < 1.29 is 8.91 Å². The average molecular weight is 263 g/mol. The molecule has 4 nitrogen and oxygen atoms in total. The first kappa shape index (κ1) is 13.7. The molecule has 1 N–H and O–H groups in total. The van der Waals surface area contributed by atoms with Gasteiger partial charge in [0.05, 0.1) is 0 Å². The molecular weight excluding hydrogens is 245 g/mol. The standard InChI is InChI=1S/C14H18FN3O/c1-3-7-16-10(2)8-13-17-14(18-19-13)11-5-4-6-12(15)9-11/h4-6,9-10,16H,3,7-8H2,1-2H3. The minimum Gasteiger partial charge on any atom is -0.339 e. The van der Waals surface area contributed by atoms with E-state index < -0.39 is 0 Å². The van der Waals surface area contributed by atoms with E-state index in [1.54, 1.807) is 12.1 Å². The van der Waals surface area contributed by atoms with Crippen molar-refractivity contribution in [1.29, 1.82) is 0 Å². The Hall–Kier alpha value is -1.75. The predicted molar refractivity (Wildman–Crippen MR) is 71.2 cm³/mol. The van der Waals surface area contributed by atoms with Crippen LogP contribution in [-0.4, -0.2) is 22.7 Å². The number of hydrogen-bond acceptors (Lipinski definition) is 4. The van der Waals surface area contributed by atoms with E-state index in [1.807, 2.05) is 0 Å². The highest BCUT2D eigenvalue weighted by Gasteiger charge is 2.12. The fourth-order valence-electron chi connectivity index (χ4n) is 1.81. The van der Waals surface area contributed by atoms with Crippen molar-refractivity contribution in [3.05, 3.63) is 36.0 Å². The second-order valence-corrected chi connectivity index (χ2v) is 4.58. The van der Waals surface area contributed by atoms with Crippen molar-refractivity contribution in [2.45, 2.75) is 32.7 Å². The summed E-state index contributed by atoms with van der Waals surface area (Å²) < 4.78 is 18.3. The number of benzene rings is 1. The van der Waals surface area contributed by atoms with Gasteiger partial charge >= 0.3 is 0 Å². The lowest BCUT2D eigenvalue weighted by Crippen LogP contribution is -2.28. The zero-order valence-corrected chi connectivity index (χ0v) is 11.2. The molecule has 0 radical (unpaired) electrons. The summed E-state index contributed by atoms with van der Waals surface area (Å²) in [6.07, 6.45) is 1.75. The van der Waals surface area contributed by atoms with Gasteiger partial charge in [-0.2, -0.15) is 4.98 Å². The van der Waals surface area contributed by atoms with Gasteiger partial charge in [0.25, 0.3) is 0 Å². The second-order valence-electron chi connectivity index (χ2n) is 4.58. The van der Waals surface area contributed by atoms with E-state index in [1.165, 1.54) is 12.1 Å². The molecule has 1 aromatic heterocycles. The first-order valence-electron chi connectivity index (χ1n) is 6.51. The minimum atomic E-state index is -0.304. The highest BCUT2D eigenvalue weighted by Crippen LogP contribution is 2.17. The summed E-state index contributed by atoms with van der Waals surface area (Å²) in [5.41, 5.74) is 0.629. The molecule has 5 heteroatoms. The molecule has 0 spiro atoms. The van der Waals surface area contributed by atoms with Crippen molar-refractivity contribution in [1.82, 2.24) is 15.5 Å². The predicted octanol–water partition coefficient (Wildman–Crippen LogP) is 2.81. The van der Waals surface area contributed by atoms with Crippen molar-refractivity contribution in [3.63, 3.8) is 0 Å². The molecule has 0 saturated heterocycles. The zero-order valence-electron chi connectivity index (χ0n) is 11.2. The Balaban J connectivity index is 2.03. The molecule has 1 heterocycles. The molecule has 0 aliphatic heterocycles. The van der Waals surface area contributed by atoms with Crippen LogP contribution in [0.25, 0.3) is 11.4 Å². The number of nitrogens with zero attached hydrogens (tertiary/aromatic N) is 2. The molecule has 0 aliphatic carbocycles. The molecule has 102 valence electrons. The normalized spacial score (nSPS) is 12.6. The highest BCUT2D eigenvalue weighted by atomic mass is 19.1. The van der Waals surface area contributed by atoms with E-state index in [2.05, 4.69) is 29.3 Å². The Morgan fingerprint density at radius 1 is 1.42 bits per heavy atom. The van der Waals surface area contributed by atoms with E-state index in [9.17, 15) is 4.39 Å². The van der Waals surface area contributed by atoms with Crippen molar-refractivity contribution in [3.8, 4) is 11.4 Å². The molecule has 0 aliphatic rings. The van der Waals surface area contributed by atoms with E-state index in [0.717, 1.165) is 13.0 Å². The maximum Gasteiger partial charge on any atom is 0.228 e. The Morgan fingerprint density at radius 3 is 3.00 bits per heavy atom. The van der Waals surface area contributed by atoms with E-state index in [4.69, 9.17) is 4.52 Å². The minimum absolute atomic E-state index is 0.278. The Labute approximate surface area is 112 Å². The Morgan fingerprint density at radius 2 is 2.26 bits per heavy atom. The molecule has 2 rings (SSSR count). The third-order valence-corrected chi connectivity index (χ3v) is 2.77. The zero-order chi connectivity index (χ0) is 13.7. The van der Waals surface area contributed by atoms with Crippen LogP contribution in [0.2, 0.25) is 0 Å². The first-order valence-corrected chi connectivity index (χ1v) is 6.51. The van der Waals surface area contributed by atoms with E-state index in [0.29, 0.717) is 23.7 Å². The monoisotopic (exact) mass is 263 g/mol. The Kier molecular flexibility index (Phi) is 4.63. The summed E-state index contributed by atoms with van der Waals surface area (Å²) in [4.78, 5) is 4.29. The van der Waals surface area contributed by atoms with Crippen LogP contribution < -0.4 is 5.32 Å². The summed E-state index contributed by atoms with van der Waals surface area (Å²) in [7, 11) is 0. The molecule has 1 aromatic carbocycles. The number of hydrogen-bond donors (Lipinski definition) is 1. The third kappa shape index (κ3) is 3.86. The number of nitrogens with one attached hydrogen (secondary N) is 1. The summed E-state index contributed by atoms with van der Waals surface area (Å²) in [6, 6.07) is 6.46. The first-order chi connectivity index (χ1) is 9.19. The van der Waals surface area contributed by atoms with Crippen molar-refractivity contribution in [2.24, 2.45) is 0 Å². The third-order valence-electron chi connectivity index (χ3n) is 2.77. The molecule has 0 amide bonds. The lowest BCUT2D eigenvalue weighted by atomic mass is 10.2. The lowest BCUT2D eigenvalue weighted by molar-refractivity contribution is 0.362. The van der Waals surface area contributed by atoms with Gasteiger partial charge in [0.15, 0.2) is 0 Å². The van der Waals surface area contributed by atoms with E-state index >= 15 is 0 Å². The fraction of sp³-hybridized carbons (Fsp3) is 0.429. The van der Waals surface area contributed by atoms with Gasteiger partial charge in [-0.1, -0.05) is 24.2 Å². The largest absolute Gasteiger partial charge is 0.339 e. The van der Waals surface area contributed by atoms with Gasteiger partial charge in [-0.15, -0.1) is 0 Å². The molecule has 19 heavy (non-hydrogen) atoms. The SMILES string of the molecule is CCCNC(C)Cc1nc(-c2cccc(F)c2)no1. The van der Waals surface area contributed by atoms with Crippen LogP contribution in [0.5, 0.6) is 0 Å². The van der Waals surface area contributed by atoms with Crippen molar-refractivity contribution in [2.75, 3.05) is 6.54 Å². The topological polar surface area (TPSA) is 51.0 Å². The van der Waals surface area contributed by atoms with Crippen LogP contribution in [0, 0.1) is 5.82 Å². The van der Waals surface area contributed by atoms with Crippen LogP contribution in [0.3, 0.4) is 0 Å². The molecule has 0 bridgehead atoms. The average Bonchev–Trinajstić information content (AvgIpc) is 2.85. The van der Waals surface area contributed by atoms with Crippen LogP contribution in [-0.2, 0) is 6.42 Å².